The van der Waals surface area contributed by atoms with E-state index in [1.165, 1.54) is 0 Å². The average molecular weight is 449 g/mol. The number of aromatic nitrogens is 1. The fourth-order valence-corrected chi connectivity index (χ4v) is 4.87. The Balaban J connectivity index is 1.58. The molecule has 0 unspecified atom stereocenters. The van der Waals surface area contributed by atoms with E-state index in [2.05, 4.69) is 5.16 Å². The number of carbonyl (C=O) groups excluding carboxylic acids is 2. The molecular formula is C27H32N2O4. The normalized spacial score (nSPS) is 22.4. The number of nitrogens with zero attached hydrogens (tertiary/aromatic N) is 2. The van der Waals surface area contributed by atoms with Crippen LogP contribution in [0.3, 0.4) is 0 Å². The van der Waals surface area contributed by atoms with E-state index in [-0.39, 0.29) is 34.6 Å². The van der Waals surface area contributed by atoms with E-state index in [0.717, 1.165) is 5.56 Å². The maximum Gasteiger partial charge on any atom is 0.168 e. The lowest BCUT2D eigenvalue weighted by Gasteiger charge is -2.31. The highest BCUT2D eigenvalue weighted by Crippen LogP contribution is 2.38. The topological polar surface area (TPSA) is 92.8 Å². The number of rotatable bonds is 5. The third-order valence-electron chi connectivity index (χ3n) is 6.43. The second-order valence-electron chi connectivity index (χ2n) is 10.9. The molecule has 6 nitrogen and oxygen atoms in total. The second kappa shape index (κ2) is 8.73. The van der Waals surface area contributed by atoms with Gasteiger partial charge in [-0.05, 0) is 22.8 Å². The maximum absolute atomic E-state index is 13.0. The summed E-state index contributed by atoms with van der Waals surface area (Å²) in [6.45, 7) is 8.63. The zero-order valence-corrected chi connectivity index (χ0v) is 19.9. The molecule has 2 aromatic rings. The fraction of sp³-hybridized carbons (Fsp3) is 0.481. The molecule has 6 heteroatoms. The van der Waals surface area contributed by atoms with E-state index < -0.39 is 0 Å². The highest BCUT2D eigenvalue weighted by molar-refractivity contribution is 6.24. The zero-order chi connectivity index (χ0) is 23.8. The predicted molar refractivity (Wildman–Crippen MR) is 127 cm³/mol. The quantitative estimate of drug-likeness (QED) is 0.474. The summed E-state index contributed by atoms with van der Waals surface area (Å²) in [5.74, 6) is 0.586. The van der Waals surface area contributed by atoms with E-state index in [0.29, 0.717) is 67.0 Å². The lowest BCUT2D eigenvalue weighted by molar-refractivity contribution is -0.117. The van der Waals surface area contributed by atoms with Crippen LogP contribution in [-0.4, -0.2) is 27.5 Å². The van der Waals surface area contributed by atoms with E-state index in [4.69, 9.17) is 9.52 Å². The fourth-order valence-electron chi connectivity index (χ4n) is 4.87. The molecular weight excluding hydrogens is 416 g/mol. The molecule has 0 amide bonds. The van der Waals surface area contributed by atoms with Crippen molar-refractivity contribution >= 4 is 17.3 Å². The van der Waals surface area contributed by atoms with E-state index in [9.17, 15) is 14.7 Å². The van der Waals surface area contributed by atoms with E-state index in [1.807, 2.05) is 58.0 Å². The van der Waals surface area contributed by atoms with Crippen molar-refractivity contribution in [2.45, 2.75) is 72.8 Å². The second-order valence-corrected chi connectivity index (χ2v) is 10.9. The van der Waals surface area contributed by atoms with Crippen molar-refractivity contribution in [1.29, 1.82) is 0 Å². The molecule has 174 valence electrons. The summed E-state index contributed by atoms with van der Waals surface area (Å²) >= 11 is 0. The lowest BCUT2D eigenvalue weighted by atomic mass is 9.73. The molecule has 1 saturated carbocycles. The average Bonchev–Trinajstić information content (AvgIpc) is 3.12. The Morgan fingerprint density at radius 2 is 1.67 bits per heavy atom. The van der Waals surface area contributed by atoms with Crippen LogP contribution in [0.15, 0.2) is 51.2 Å². The van der Waals surface area contributed by atoms with Gasteiger partial charge in [0.2, 0.25) is 0 Å². The number of aliphatic hydroxyl groups excluding tert-OH is 1. The molecule has 0 bridgehead atoms. The summed E-state index contributed by atoms with van der Waals surface area (Å²) < 4.78 is 5.47. The van der Waals surface area contributed by atoms with Crippen LogP contribution in [0.5, 0.6) is 0 Å². The third-order valence-corrected chi connectivity index (χ3v) is 6.43. The molecule has 0 spiro atoms. The van der Waals surface area contributed by atoms with Gasteiger partial charge in [-0.3, -0.25) is 14.6 Å². The third kappa shape index (κ3) is 5.15. The summed E-state index contributed by atoms with van der Waals surface area (Å²) in [5.41, 5.74) is 2.80. The molecule has 2 aliphatic rings. The molecule has 1 heterocycles. The molecule has 1 fully saturated rings. The summed E-state index contributed by atoms with van der Waals surface area (Å²) in [6, 6.07) is 9.86. The van der Waals surface area contributed by atoms with Crippen LogP contribution in [0.1, 0.15) is 80.8 Å². The minimum absolute atomic E-state index is 0.0163. The highest BCUT2D eigenvalue weighted by atomic mass is 16.5. The molecule has 1 N–H and O–H groups in total. The van der Waals surface area contributed by atoms with Gasteiger partial charge in [0, 0.05) is 37.8 Å². The van der Waals surface area contributed by atoms with Gasteiger partial charge in [0.15, 0.2) is 11.6 Å². The number of ketones is 2. The van der Waals surface area contributed by atoms with Gasteiger partial charge in [-0.2, -0.15) is 0 Å². The van der Waals surface area contributed by atoms with Crippen molar-refractivity contribution in [3.8, 4) is 0 Å². The molecule has 0 atom stereocenters. The minimum Gasteiger partial charge on any atom is -0.511 e. The van der Waals surface area contributed by atoms with Crippen molar-refractivity contribution < 1.29 is 19.2 Å². The van der Waals surface area contributed by atoms with Crippen molar-refractivity contribution in [3.63, 3.8) is 0 Å². The number of aliphatic imine (C=N–C) groups is 1. The summed E-state index contributed by atoms with van der Waals surface area (Å²) in [7, 11) is 0. The van der Waals surface area contributed by atoms with Crippen LogP contribution in [0.4, 0.5) is 0 Å². The smallest absolute Gasteiger partial charge is 0.168 e. The van der Waals surface area contributed by atoms with Crippen LogP contribution in [0.25, 0.3) is 0 Å². The first kappa shape index (κ1) is 23.1. The molecule has 33 heavy (non-hydrogen) atoms. The number of carbonyl (C=O) groups is 2. The van der Waals surface area contributed by atoms with Gasteiger partial charge in [-0.25, -0.2) is 0 Å². The van der Waals surface area contributed by atoms with Crippen molar-refractivity contribution in [2.75, 3.05) is 0 Å². The van der Waals surface area contributed by atoms with Gasteiger partial charge in [0.05, 0.1) is 23.4 Å². The zero-order valence-electron chi connectivity index (χ0n) is 19.9. The summed E-state index contributed by atoms with van der Waals surface area (Å²) in [6.07, 6.45) is 2.65. The molecule has 4 rings (SSSR count). The van der Waals surface area contributed by atoms with Crippen molar-refractivity contribution in [3.05, 3.63) is 64.2 Å². The Morgan fingerprint density at radius 1 is 1.00 bits per heavy atom. The van der Waals surface area contributed by atoms with Gasteiger partial charge in [-0.1, -0.05) is 63.2 Å². The summed E-state index contributed by atoms with van der Waals surface area (Å²) in [4.78, 5) is 30.4. The van der Waals surface area contributed by atoms with E-state index >= 15 is 0 Å². The monoisotopic (exact) mass is 448 g/mol. The van der Waals surface area contributed by atoms with Crippen molar-refractivity contribution in [2.24, 2.45) is 15.8 Å². The predicted octanol–water partition coefficient (Wildman–Crippen LogP) is 5.60. The number of fused-ring (bicyclic) bond motifs is 1. The Bertz CT molecular complexity index is 1140. The standard InChI is InChI=1S/C27H32N2O4/c1-26(2)12-19(28-16-17-8-6-5-7-9-17)24(21(31)13-26)20(30)11-10-18-25-22(32)14-27(3,4)15-23(25)33-29-18/h5-9,30H,10-16H2,1-4H3. The van der Waals surface area contributed by atoms with E-state index in [1.54, 1.807) is 0 Å². The Labute approximate surface area is 194 Å². The van der Waals surface area contributed by atoms with Crippen LogP contribution in [0.2, 0.25) is 0 Å². The first-order valence-corrected chi connectivity index (χ1v) is 11.6. The number of aliphatic hydroxyl groups is 1. The van der Waals surface area contributed by atoms with Crippen LogP contribution in [0, 0.1) is 10.8 Å². The molecule has 1 aromatic carbocycles. The SMILES string of the molecule is CC1(C)CC(=O)C(=C(O)CCc2noc3c2C(=O)CC(C)(C)C3)C(=NCc2ccccc2)C1. The van der Waals surface area contributed by atoms with Crippen LogP contribution in [-0.2, 0) is 24.2 Å². The Morgan fingerprint density at radius 3 is 2.39 bits per heavy atom. The number of aryl methyl sites for hydroxylation is 1. The van der Waals surface area contributed by atoms with Gasteiger partial charge in [0.1, 0.15) is 11.5 Å². The molecule has 0 saturated heterocycles. The van der Waals surface area contributed by atoms with Crippen LogP contribution < -0.4 is 0 Å². The number of hydrogen-bond donors (Lipinski definition) is 1. The Kier molecular flexibility index (Phi) is 6.12. The molecule has 2 aliphatic carbocycles. The first-order valence-electron chi connectivity index (χ1n) is 11.6. The van der Waals surface area contributed by atoms with Crippen molar-refractivity contribution in [1.82, 2.24) is 5.16 Å². The highest BCUT2D eigenvalue weighted by Gasteiger charge is 2.38. The maximum atomic E-state index is 13.0. The molecule has 0 aliphatic heterocycles. The summed E-state index contributed by atoms with van der Waals surface area (Å²) in [5, 5.41) is 15.1. The minimum atomic E-state index is -0.208. The van der Waals surface area contributed by atoms with Gasteiger partial charge in [0.25, 0.3) is 0 Å². The Hall–Kier alpha value is -3.02. The number of allylic oxidation sites excluding steroid dienone is 2. The molecule has 0 radical (unpaired) electrons. The number of Topliss-reactive ketones (excluding diaryl/α,β-unsaturated/α-hetero) is 2. The largest absolute Gasteiger partial charge is 0.511 e. The van der Waals surface area contributed by atoms with Crippen LogP contribution >= 0.6 is 0 Å². The number of hydrogen-bond acceptors (Lipinski definition) is 6. The van der Waals surface area contributed by atoms with Gasteiger partial charge < -0.3 is 9.63 Å². The first-order chi connectivity index (χ1) is 15.5. The van der Waals surface area contributed by atoms with Gasteiger partial charge in [-0.15, -0.1) is 0 Å². The number of benzene rings is 1. The molecule has 1 aromatic heterocycles. The van der Waals surface area contributed by atoms with Gasteiger partial charge >= 0.3 is 0 Å². The lowest BCUT2D eigenvalue weighted by Crippen LogP contribution is -2.33.